The molecule has 2 rings (SSSR count). The zero-order valence-corrected chi connectivity index (χ0v) is 10.0. The van der Waals surface area contributed by atoms with E-state index in [2.05, 4.69) is 4.99 Å². The Morgan fingerprint density at radius 2 is 1.55 bits per heavy atom. The third-order valence-corrected chi connectivity index (χ3v) is 2.44. The molecule has 0 saturated heterocycles. The highest BCUT2D eigenvalue weighted by molar-refractivity contribution is 5.58. The average Bonchev–Trinajstić information content (AvgIpc) is 2.41. The molecule has 0 radical (unpaired) electrons. The Hall–Kier alpha value is -2.59. The lowest BCUT2D eigenvalue weighted by molar-refractivity contribution is -0.138. The summed E-state index contributed by atoms with van der Waals surface area (Å²) in [4.78, 5) is 13.7. The van der Waals surface area contributed by atoms with Crippen molar-refractivity contribution in [1.82, 2.24) is 0 Å². The molecule has 0 heterocycles. The molecule has 0 saturated carbocycles. The highest BCUT2D eigenvalue weighted by atomic mass is 19.4. The van der Waals surface area contributed by atoms with E-state index in [1.54, 1.807) is 12.1 Å². The molecular formula is C14H8F3NO2. The average molecular weight is 279 g/mol. The van der Waals surface area contributed by atoms with Crippen LogP contribution >= 0.6 is 0 Å². The van der Waals surface area contributed by atoms with Gasteiger partial charge in [0.15, 0.2) is 5.75 Å². The molecule has 0 unspecified atom stereocenters. The van der Waals surface area contributed by atoms with Crippen molar-refractivity contribution in [2.75, 3.05) is 0 Å². The molecule has 102 valence electrons. The van der Waals surface area contributed by atoms with Gasteiger partial charge in [0, 0.05) is 0 Å². The van der Waals surface area contributed by atoms with Crippen molar-refractivity contribution in [3.8, 4) is 11.5 Å². The van der Waals surface area contributed by atoms with E-state index < -0.39 is 11.7 Å². The van der Waals surface area contributed by atoms with Gasteiger partial charge in [-0.3, -0.25) is 0 Å². The first-order chi connectivity index (χ1) is 9.52. The molecule has 3 nitrogen and oxygen atoms in total. The number of benzene rings is 2. The highest BCUT2D eigenvalue weighted by Gasteiger charge is 2.34. The molecular weight excluding hydrogens is 271 g/mol. The third-order valence-electron chi connectivity index (χ3n) is 2.44. The molecule has 0 amide bonds. The van der Waals surface area contributed by atoms with Crippen LogP contribution in [0.15, 0.2) is 53.5 Å². The first-order valence-electron chi connectivity index (χ1n) is 5.53. The fourth-order valence-electron chi connectivity index (χ4n) is 1.59. The summed E-state index contributed by atoms with van der Waals surface area (Å²) in [7, 11) is 0. The van der Waals surface area contributed by atoms with E-state index in [1.807, 2.05) is 0 Å². The molecule has 0 aromatic heterocycles. The number of hydrogen-bond acceptors (Lipinski definition) is 3. The number of aliphatic imine (C=N–C) groups is 1. The number of carbonyl (C=O) groups excluding carboxylic acids is 1. The second kappa shape index (κ2) is 5.59. The summed E-state index contributed by atoms with van der Waals surface area (Å²) in [6.07, 6.45) is -3.20. The molecule has 0 bridgehead atoms. The van der Waals surface area contributed by atoms with Crippen LogP contribution in [0.4, 0.5) is 18.9 Å². The van der Waals surface area contributed by atoms with Crippen molar-refractivity contribution in [3.05, 3.63) is 54.1 Å². The standard InChI is InChI=1S/C14H8F3NO2/c15-14(16,17)10-5-1-3-7-12(10)20-13-8-4-2-6-11(13)18-9-19/h1-8H. The summed E-state index contributed by atoms with van der Waals surface area (Å²) in [5.74, 6) is -0.305. The van der Waals surface area contributed by atoms with Crippen LogP contribution < -0.4 is 4.74 Å². The molecule has 0 spiro atoms. The van der Waals surface area contributed by atoms with E-state index in [4.69, 9.17) is 4.74 Å². The van der Waals surface area contributed by atoms with E-state index in [0.717, 1.165) is 6.07 Å². The normalized spacial score (nSPS) is 10.8. The second-order valence-corrected chi connectivity index (χ2v) is 3.77. The third kappa shape index (κ3) is 3.05. The Morgan fingerprint density at radius 3 is 2.20 bits per heavy atom. The topological polar surface area (TPSA) is 38.7 Å². The number of nitrogens with zero attached hydrogens (tertiary/aromatic N) is 1. The van der Waals surface area contributed by atoms with E-state index in [1.165, 1.54) is 36.4 Å². The van der Waals surface area contributed by atoms with Crippen molar-refractivity contribution in [3.63, 3.8) is 0 Å². The molecule has 2 aromatic carbocycles. The maximum absolute atomic E-state index is 12.8. The number of isocyanates is 1. The molecule has 2 aromatic rings. The van der Waals surface area contributed by atoms with Gasteiger partial charge in [0.1, 0.15) is 11.4 Å². The zero-order chi connectivity index (χ0) is 14.6. The first kappa shape index (κ1) is 13.8. The van der Waals surface area contributed by atoms with Crippen LogP contribution in [-0.2, 0) is 11.0 Å². The molecule has 0 N–H and O–H groups in total. The molecule has 6 heteroatoms. The van der Waals surface area contributed by atoms with Crippen molar-refractivity contribution >= 4 is 11.8 Å². The van der Waals surface area contributed by atoms with Gasteiger partial charge in [-0.25, -0.2) is 4.79 Å². The largest absolute Gasteiger partial charge is 0.454 e. The van der Waals surface area contributed by atoms with Crippen LogP contribution in [0, 0.1) is 0 Å². The van der Waals surface area contributed by atoms with Gasteiger partial charge in [-0.05, 0) is 24.3 Å². The Labute approximate surface area is 112 Å². The van der Waals surface area contributed by atoms with Crippen LogP contribution in [0.5, 0.6) is 11.5 Å². The summed E-state index contributed by atoms with van der Waals surface area (Å²) in [5, 5.41) is 0. The quantitative estimate of drug-likeness (QED) is 0.614. The van der Waals surface area contributed by atoms with Gasteiger partial charge in [-0.15, -0.1) is 0 Å². The highest BCUT2D eigenvalue weighted by Crippen LogP contribution is 2.39. The number of alkyl halides is 3. The van der Waals surface area contributed by atoms with Gasteiger partial charge in [-0.1, -0.05) is 24.3 Å². The molecule has 0 aliphatic carbocycles. The van der Waals surface area contributed by atoms with Gasteiger partial charge in [0.05, 0.1) is 5.56 Å². The van der Waals surface area contributed by atoms with Crippen molar-refractivity contribution < 1.29 is 22.7 Å². The predicted molar refractivity (Wildman–Crippen MR) is 65.7 cm³/mol. The van der Waals surface area contributed by atoms with Crippen LogP contribution in [0.25, 0.3) is 0 Å². The minimum absolute atomic E-state index is 0.0487. The van der Waals surface area contributed by atoms with Gasteiger partial charge in [-0.2, -0.15) is 18.2 Å². The van der Waals surface area contributed by atoms with Gasteiger partial charge >= 0.3 is 6.18 Å². The van der Waals surface area contributed by atoms with E-state index in [-0.39, 0.29) is 17.2 Å². The van der Waals surface area contributed by atoms with Crippen LogP contribution in [0.3, 0.4) is 0 Å². The smallest absolute Gasteiger partial charge is 0.419 e. The van der Waals surface area contributed by atoms with Crippen LogP contribution in [0.2, 0.25) is 0 Å². The Morgan fingerprint density at radius 1 is 0.950 bits per heavy atom. The summed E-state index contributed by atoms with van der Waals surface area (Å²) in [6, 6.07) is 10.8. The Balaban J connectivity index is 2.43. The summed E-state index contributed by atoms with van der Waals surface area (Å²) < 4.78 is 43.7. The molecule has 0 aliphatic rings. The minimum atomic E-state index is -4.53. The van der Waals surface area contributed by atoms with Gasteiger partial charge in [0.25, 0.3) is 0 Å². The number of halogens is 3. The van der Waals surface area contributed by atoms with Crippen molar-refractivity contribution in [2.45, 2.75) is 6.18 Å². The maximum atomic E-state index is 12.8. The second-order valence-electron chi connectivity index (χ2n) is 3.77. The summed E-state index contributed by atoms with van der Waals surface area (Å²) >= 11 is 0. The lowest BCUT2D eigenvalue weighted by Gasteiger charge is -2.14. The fourth-order valence-corrected chi connectivity index (χ4v) is 1.59. The number of para-hydroxylation sites is 3. The predicted octanol–water partition coefficient (Wildman–Crippen LogP) is 4.47. The summed E-state index contributed by atoms with van der Waals surface area (Å²) in [6.45, 7) is 0. The van der Waals surface area contributed by atoms with Crippen molar-refractivity contribution in [1.29, 1.82) is 0 Å². The Bertz CT molecular complexity index is 661. The molecule has 0 atom stereocenters. The number of rotatable bonds is 3. The lowest BCUT2D eigenvalue weighted by atomic mass is 10.2. The lowest BCUT2D eigenvalue weighted by Crippen LogP contribution is -2.06. The van der Waals surface area contributed by atoms with Crippen LogP contribution in [0.1, 0.15) is 5.56 Å². The number of hydrogen-bond donors (Lipinski definition) is 0. The molecule has 20 heavy (non-hydrogen) atoms. The monoisotopic (exact) mass is 279 g/mol. The van der Waals surface area contributed by atoms with Gasteiger partial charge < -0.3 is 4.74 Å². The number of ether oxygens (including phenoxy) is 1. The minimum Gasteiger partial charge on any atom is -0.454 e. The molecule has 0 fully saturated rings. The fraction of sp³-hybridized carbons (Fsp3) is 0.0714. The van der Waals surface area contributed by atoms with E-state index in [0.29, 0.717) is 0 Å². The maximum Gasteiger partial charge on any atom is 0.419 e. The summed E-state index contributed by atoms with van der Waals surface area (Å²) in [5.41, 5.74) is -0.788. The Kier molecular flexibility index (Phi) is 3.86. The SMILES string of the molecule is O=C=Nc1ccccc1Oc1ccccc1C(F)(F)F. The van der Waals surface area contributed by atoms with Gasteiger partial charge in [0.2, 0.25) is 6.08 Å². The first-order valence-corrected chi connectivity index (χ1v) is 5.53. The van der Waals surface area contributed by atoms with E-state index >= 15 is 0 Å². The van der Waals surface area contributed by atoms with Crippen LogP contribution in [-0.4, -0.2) is 6.08 Å². The zero-order valence-electron chi connectivity index (χ0n) is 10.0. The van der Waals surface area contributed by atoms with Crippen molar-refractivity contribution in [2.24, 2.45) is 4.99 Å². The molecule has 0 aliphatic heterocycles. The van der Waals surface area contributed by atoms with E-state index in [9.17, 15) is 18.0 Å².